The number of benzene rings is 2. The van der Waals surface area contributed by atoms with E-state index < -0.39 is 0 Å². The fourth-order valence-corrected chi connectivity index (χ4v) is 3.62. The predicted molar refractivity (Wildman–Crippen MR) is 119 cm³/mol. The second kappa shape index (κ2) is 8.96. The molecule has 0 aliphatic heterocycles. The van der Waals surface area contributed by atoms with Crippen LogP contribution in [0.15, 0.2) is 54.7 Å². The van der Waals surface area contributed by atoms with Crippen molar-refractivity contribution in [2.75, 3.05) is 13.2 Å². The van der Waals surface area contributed by atoms with Gasteiger partial charge in [-0.25, -0.2) is 0 Å². The van der Waals surface area contributed by atoms with Gasteiger partial charge < -0.3 is 15.0 Å². The van der Waals surface area contributed by atoms with Crippen LogP contribution in [0.1, 0.15) is 12.5 Å². The van der Waals surface area contributed by atoms with E-state index in [1.807, 2.05) is 55.6 Å². The Morgan fingerprint density at radius 2 is 2.00 bits per heavy atom. The minimum atomic E-state index is -0.112. The third kappa shape index (κ3) is 4.28. The molecule has 0 saturated heterocycles. The molecule has 0 radical (unpaired) electrons. The largest absolute Gasteiger partial charge is 0.494 e. The Kier molecular flexibility index (Phi) is 5.94. The normalized spacial score (nSPS) is 11.0. The Balaban J connectivity index is 1.40. The van der Waals surface area contributed by atoms with Crippen molar-refractivity contribution in [3.05, 3.63) is 65.1 Å². The Bertz CT molecular complexity index is 1210. The number of amides is 1. The molecule has 2 heterocycles. The summed E-state index contributed by atoms with van der Waals surface area (Å²) in [5.41, 5.74) is 3.14. The number of rotatable bonds is 8. The van der Waals surface area contributed by atoms with Crippen molar-refractivity contribution in [3.63, 3.8) is 0 Å². The fourth-order valence-electron chi connectivity index (χ4n) is 3.43. The molecule has 2 aromatic carbocycles. The summed E-state index contributed by atoms with van der Waals surface area (Å²) in [6.07, 6.45) is 2.74. The zero-order chi connectivity index (χ0) is 20.9. The van der Waals surface area contributed by atoms with E-state index in [0.29, 0.717) is 23.7 Å². The molecule has 0 aliphatic rings. The summed E-state index contributed by atoms with van der Waals surface area (Å²) in [6, 6.07) is 15.7. The molecule has 7 nitrogen and oxygen atoms in total. The van der Waals surface area contributed by atoms with Gasteiger partial charge in [-0.1, -0.05) is 18.2 Å². The van der Waals surface area contributed by atoms with Gasteiger partial charge in [-0.05, 0) is 61.5 Å². The number of para-hydroxylation sites is 1. The number of carbonyl (C=O) groups is 1. The summed E-state index contributed by atoms with van der Waals surface area (Å²) >= 11 is 5.33. The molecule has 4 rings (SSSR count). The summed E-state index contributed by atoms with van der Waals surface area (Å²) in [4.78, 5) is 15.8. The van der Waals surface area contributed by atoms with Gasteiger partial charge in [0, 0.05) is 29.2 Å². The zero-order valence-corrected chi connectivity index (χ0v) is 17.5. The smallest absolute Gasteiger partial charge is 0.240 e. The van der Waals surface area contributed by atoms with Gasteiger partial charge >= 0.3 is 0 Å². The Labute approximate surface area is 179 Å². The number of hydrogen-bond donors (Lipinski definition) is 3. The summed E-state index contributed by atoms with van der Waals surface area (Å²) in [6.45, 7) is 3.20. The van der Waals surface area contributed by atoms with Crippen LogP contribution >= 0.6 is 12.2 Å². The van der Waals surface area contributed by atoms with E-state index in [4.69, 9.17) is 17.0 Å². The highest BCUT2D eigenvalue weighted by Gasteiger charge is 2.13. The number of fused-ring (bicyclic) bond motifs is 1. The van der Waals surface area contributed by atoms with E-state index in [1.54, 1.807) is 4.57 Å². The van der Waals surface area contributed by atoms with E-state index in [-0.39, 0.29) is 12.5 Å². The lowest BCUT2D eigenvalue weighted by atomic mass is 10.1. The Morgan fingerprint density at radius 1 is 1.20 bits per heavy atom. The standard InChI is InChI=1S/C22H23N5O2S/c1-2-29-17-9-7-15(8-10-17)21-25-26-22(30)27(21)14-20(28)23-12-11-16-13-24-19-6-4-3-5-18(16)19/h3-10,13,24H,2,11-12,14H2,1H3,(H,23,28)(H,26,30). The first kappa shape index (κ1) is 19.9. The third-order valence-electron chi connectivity index (χ3n) is 4.87. The lowest BCUT2D eigenvalue weighted by molar-refractivity contribution is -0.121. The Morgan fingerprint density at radius 3 is 2.80 bits per heavy atom. The third-order valence-corrected chi connectivity index (χ3v) is 5.19. The van der Waals surface area contributed by atoms with Crippen LogP contribution in [0, 0.1) is 4.77 Å². The van der Waals surface area contributed by atoms with E-state index >= 15 is 0 Å². The molecule has 4 aromatic rings. The number of aromatic nitrogens is 4. The molecule has 3 N–H and O–H groups in total. The molecule has 0 spiro atoms. The first-order valence-corrected chi connectivity index (χ1v) is 10.3. The number of hydrogen-bond acceptors (Lipinski definition) is 4. The maximum atomic E-state index is 12.5. The molecule has 0 atom stereocenters. The second-order valence-corrected chi connectivity index (χ2v) is 7.24. The van der Waals surface area contributed by atoms with Gasteiger partial charge in [-0.15, -0.1) is 0 Å². The number of nitrogens with zero attached hydrogens (tertiary/aromatic N) is 2. The predicted octanol–water partition coefficient (Wildman–Crippen LogP) is 3.85. The van der Waals surface area contributed by atoms with Crippen LogP contribution in [0.4, 0.5) is 0 Å². The molecule has 154 valence electrons. The summed E-state index contributed by atoms with van der Waals surface area (Å²) in [7, 11) is 0. The average molecular weight is 422 g/mol. The van der Waals surface area contributed by atoms with Gasteiger partial charge in [0.1, 0.15) is 12.3 Å². The SMILES string of the molecule is CCOc1ccc(-c2n[nH]c(=S)n2CC(=O)NCCc2c[nH]c3ccccc23)cc1. The first-order chi connectivity index (χ1) is 14.7. The van der Waals surface area contributed by atoms with E-state index in [2.05, 4.69) is 26.6 Å². The van der Waals surface area contributed by atoms with Gasteiger partial charge in [0.15, 0.2) is 10.6 Å². The first-order valence-electron chi connectivity index (χ1n) is 9.86. The molecule has 8 heteroatoms. The number of aromatic amines is 2. The highest BCUT2D eigenvalue weighted by atomic mass is 32.1. The highest BCUT2D eigenvalue weighted by molar-refractivity contribution is 7.71. The van der Waals surface area contributed by atoms with Crippen molar-refractivity contribution in [2.45, 2.75) is 19.9 Å². The van der Waals surface area contributed by atoms with Crippen LogP contribution in [-0.4, -0.2) is 38.8 Å². The molecule has 30 heavy (non-hydrogen) atoms. The highest BCUT2D eigenvalue weighted by Crippen LogP contribution is 2.21. The summed E-state index contributed by atoms with van der Waals surface area (Å²) < 4.78 is 7.58. The number of nitrogens with one attached hydrogen (secondary N) is 3. The van der Waals surface area contributed by atoms with Gasteiger partial charge in [-0.3, -0.25) is 14.5 Å². The number of ether oxygens (including phenoxy) is 1. The van der Waals surface area contributed by atoms with Crippen LogP contribution in [0.25, 0.3) is 22.3 Å². The van der Waals surface area contributed by atoms with E-state index in [0.717, 1.165) is 23.3 Å². The second-order valence-electron chi connectivity index (χ2n) is 6.86. The number of H-pyrrole nitrogens is 2. The maximum absolute atomic E-state index is 12.5. The molecule has 2 aromatic heterocycles. The average Bonchev–Trinajstić information content (AvgIpc) is 3.33. The van der Waals surface area contributed by atoms with E-state index in [9.17, 15) is 4.79 Å². The van der Waals surface area contributed by atoms with Crippen molar-refractivity contribution in [2.24, 2.45) is 0 Å². The molecular formula is C22H23N5O2S. The van der Waals surface area contributed by atoms with Gasteiger partial charge in [-0.2, -0.15) is 5.10 Å². The maximum Gasteiger partial charge on any atom is 0.240 e. The molecule has 0 bridgehead atoms. The zero-order valence-electron chi connectivity index (χ0n) is 16.6. The topological polar surface area (TPSA) is 87.7 Å². The number of carbonyl (C=O) groups excluding carboxylic acids is 1. The van der Waals surface area contributed by atoms with Gasteiger partial charge in [0.2, 0.25) is 5.91 Å². The van der Waals surface area contributed by atoms with Gasteiger partial charge in [0.05, 0.1) is 6.61 Å². The minimum absolute atomic E-state index is 0.103. The van der Waals surface area contributed by atoms with Crippen LogP contribution in [0.2, 0.25) is 0 Å². The lowest BCUT2D eigenvalue weighted by Crippen LogP contribution is -2.29. The van der Waals surface area contributed by atoms with Crippen molar-refractivity contribution >= 4 is 29.0 Å². The van der Waals surface area contributed by atoms with E-state index in [1.165, 1.54) is 10.9 Å². The molecule has 1 amide bonds. The van der Waals surface area contributed by atoms with Crippen LogP contribution < -0.4 is 10.1 Å². The molecular weight excluding hydrogens is 398 g/mol. The van der Waals surface area contributed by atoms with Crippen molar-refractivity contribution in [1.82, 2.24) is 25.1 Å². The molecule has 0 unspecified atom stereocenters. The van der Waals surface area contributed by atoms with Crippen LogP contribution in [0.5, 0.6) is 5.75 Å². The molecule has 0 aliphatic carbocycles. The monoisotopic (exact) mass is 421 g/mol. The van der Waals surface area contributed by atoms with Crippen molar-refractivity contribution in [1.29, 1.82) is 0 Å². The quantitative estimate of drug-likeness (QED) is 0.377. The van der Waals surface area contributed by atoms with Gasteiger partial charge in [0.25, 0.3) is 0 Å². The lowest BCUT2D eigenvalue weighted by Gasteiger charge is -2.09. The van der Waals surface area contributed by atoms with Crippen molar-refractivity contribution < 1.29 is 9.53 Å². The Hall–Kier alpha value is -3.39. The minimum Gasteiger partial charge on any atom is -0.494 e. The summed E-state index contributed by atoms with van der Waals surface area (Å²) in [5.74, 6) is 1.30. The molecule has 0 fully saturated rings. The summed E-state index contributed by atoms with van der Waals surface area (Å²) in [5, 5.41) is 11.2. The van der Waals surface area contributed by atoms with Crippen LogP contribution in [0.3, 0.4) is 0 Å². The van der Waals surface area contributed by atoms with Crippen LogP contribution in [-0.2, 0) is 17.8 Å². The fraction of sp³-hybridized carbons (Fsp3) is 0.227. The molecule has 0 saturated carbocycles. The van der Waals surface area contributed by atoms with Crippen molar-refractivity contribution in [3.8, 4) is 17.1 Å².